The first-order valence-corrected chi connectivity index (χ1v) is 9.25. The van der Waals surface area contributed by atoms with Crippen LogP contribution in [-0.2, 0) is 4.79 Å². The van der Waals surface area contributed by atoms with Gasteiger partial charge in [-0.05, 0) is 45.4 Å². The Morgan fingerprint density at radius 2 is 1.83 bits per heavy atom. The van der Waals surface area contributed by atoms with Gasteiger partial charge in [0.15, 0.2) is 5.78 Å². The average Bonchev–Trinajstić information content (AvgIpc) is 2.96. The lowest BCUT2D eigenvalue weighted by Crippen LogP contribution is -2.29. The summed E-state index contributed by atoms with van der Waals surface area (Å²) in [5.41, 5.74) is -1.75. The summed E-state index contributed by atoms with van der Waals surface area (Å²) in [6.07, 6.45) is 8.90. The first-order chi connectivity index (χ1) is 10.6. The zero-order valence-corrected chi connectivity index (χ0v) is 15.6. The lowest BCUT2D eigenvalue weighted by Gasteiger charge is -2.29. The van der Waals surface area contributed by atoms with Crippen molar-refractivity contribution in [2.24, 2.45) is 17.3 Å². The van der Waals surface area contributed by atoms with Gasteiger partial charge >= 0.3 is 0 Å². The summed E-state index contributed by atoms with van der Waals surface area (Å²) in [5, 5.41) is 10.3. The van der Waals surface area contributed by atoms with Gasteiger partial charge in [-0.25, -0.2) is 4.39 Å². The Kier molecular flexibility index (Phi) is 7.29. The molecule has 2 unspecified atom stereocenters. The molecule has 0 radical (unpaired) electrons. The summed E-state index contributed by atoms with van der Waals surface area (Å²) in [6.45, 7) is 9.00. The highest BCUT2D eigenvalue weighted by molar-refractivity contribution is 5.94. The van der Waals surface area contributed by atoms with Crippen molar-refractivity contribution in [3.63, 3.8) is 0 Å². The first kappa shape index (κ1) is 20.2. The molecule has 1 aliphatic carbocycles. The van der Waals surface area contributed by atoms with Crippen LogP contribution in [0.25, 0.3) is 0 Å². The highest BCUT2D eigenvalue weighted by atomic mass is 19.1. The second kappa shape index (κ2) is 8.30. The molecule has 3 heteroatoms. The van der Waals surface area contributed by atoms with Crippen LogP contribution in [0.1, 0.15) is 86.0 Å². The van der Waals surface area contributed by atoms with Crippen molar-refractivity contribution in [2.45, 2.75) is 91.7 Å². The average molecular weight is 326 g/mol. The molecular weight excluding hydrogens is 291 g/mol. The van der Waals surface area contributed by atoms with Crippen molar-refractivity contribution in [2.75, 3.05) is 0 Å². The van der Waals surface area contributed by atoms with Crippen LogP contribution in [-0.4, -0.2) is 16.6 Å². The Bertz CT molecular complexity index is 416. The summed E-state index contributed by atoms with van der Waals surface area (Å²) in [7, 11) is 0. The summed E-state index contributed by atoms with van der Waals surface area (Å²) in [6, 6.07) is 0. The fourth-order valence-corrected chi connectivity index (χ4v) is 3.74. The van der Waals surface area contributed by atoms with Crippen molar-refractivity contribution >= 4 is 5.78 Å². The van der Waals surface area contributed by atoms with Crippen molar-refractivity contribution in [1.82, 2.24) is 0 Å². The number of carbonyl (C=O) groups excluding carboxylic acids is 1. The Labute approximate surface area is 141 Å². The van der Waals surface area contributed by atoms with Crippen LogP contribution < -0.4 is 0 Å². The molecule has 0 saturated heterocycles. The summed E-state index contributed by atoms with van der Waals surface area (Å²) in [4.78, 5) is 12.8. The Morgan fingerprint density at radius 3 is 2.26 bits per heavy atom. The van der Waals surface area contributed by atoms with Gasteiger partial charge in [-0.1, -0.05) is 46.5 Å². The van der Waals surface area contributed by atoms with E-state index >= 15 is 0 Å². The molecule has 1 aliphatic rings. The lowest BCUT2D eigenvalue weighted by atomic mass is 9.74. The number of hydrogen-bond acceptors (Lipinski definition) is 2. The van der Waals surface area contributed by atoms with E-state index in [2.05, 4.69) is 0 Å². The molecule has 1 N–H and O–H groups in total. The van der Waals surface area contributed by atoms with Crippen LogP contribution in [0.15, 0.2) is 11.8 Å². The summed E-state index contributed by atoms with van der Waals surface area (Å²) in [5.74, 6) is 0.395. The molecule has 2 nitrogen and oxygen atoms in total. The monoisotopic (exact) mass is 326 g/mol. The third-order valence-corrected chi connectivity index (χ3v) is 5.51. The van der Waals surface area contributed by atoms with E-state index in [4.69, 9.17) is 0 Å². The smallest absolute Gasteiger partial charge is 0.164 e. The standard InChI is InChI=1S/C20H35FO2/c1-6-16(14-19(3,4)21)17(22)12-18(23)20(5,7-2)13-15-10-8-9-11-15/h12,15-16,22H,6-11,13-14H2,1-5H3/b17-12-. The Hall–Kier alpha value is -0.860. The molecule has 1 saturated carbocycles. The fraction of sp³-hybridized carbons (Fsp3) is 0.850. The number of allylic oxidation sites excluding steroid dienone is 2. The molecular formula is C20H35FO2. The van der Waals surface area contributed by atoms with E-state index in [9.17, 15) is 14.3 Å². The molecule has 23 heavy (non-hydrogen) atoms. The normalized spacial score (nSPS) is 21.2. The van der Waals surface area contributed by atoms with Crippen LogP contribution in [0, 0.1) is 17.3 Å². The highest BCUT2D eigenvalue weighted by Crippen LogP contribution is 2.39. The number of hydrogen-bond donors (Lipinski definition) is 1. The molecule has 2 atom stereocenters. The maximum Gasteiger partial charge on any atom is 0.164 e. The Morgan fingerprint density at radius 1 is 1.26 bits per heavy atom. The van der Waals surface area contributed by atoms with E-state index in [1.54, 1.807) is 0 Å². The van der Waals surface area contributed by atoms with Crippen LogP contribution in [0.5, 0.6) is 0 Å². The molecule has 0 aromatic heterocycles. The molecule has 0 spiro atoms. The van der Waals surface area contributed by atoms with E-state index in [-0.39, 0.29) is 23.9 Å². The fourth-order valence-electron chi connectivity index (χ4n) is 3.74. The Balaban J connectivity index is 2.82. The van der Waals surface area contributed by atoms with Crippen molar-refractivity contribution in [1.29, 1.82) is 0 Å². The molecule has 0 heterocycles. The maximum absolute atomic E-state index is 13.9. The molecule has 0 aromatic rings. The number of ketones is 1. The largest absolute Gasteiger partial charge is 0.512 e. The minimum absolute atomic E-state index is 0.000450. The predicted molar refractivity (Wildman–Crippen MR) is 94.3 cm³/mol. The number of aliphatic hydroxyl groups excluding tert-OH is 1. The number of alkyl halides is 1. The van der Waals surface area contributed by atoms with E-state index in [0.29, 0.717) is 12.3 Å². The maximum atomic E-state index is 13.9. The lowest BCUT2D eigenvalue weighted by molar-refractivity contribution is -0.124. The van der Waals surface area contributed by atoms with E-state index in [0.717, 1.165) is 12.8 Å². The van der Waals surface area contributed by atoms with E-state index < -0.39 is 11.1 Å². The summed E-state index contributed by atoms with van der Waals surface area (Å²) < 4.78 is 13.9. The summed E-state index contributed by atoms with van der Waals surface area (Å²) >= 11 is 0. The molecule has 134 valence electrons. The number of aliphatic hydroxyl groups is 1. The molecule has 1 fully saturated rings. The zero-order valence-electron chi connectivity index (χ0n) is 15.6. The molecule has 0 aliphatic heterocycles. The molecule has 1 rings (SSSR count). The van der Waals surface area contributed by atoms with Gasteiger partial charge in [0, 0.05) is 17.4 Å². The highest BCUT2D eigenvalue weighted by Gasteiger charge is 2.34. The van der Waals surface area contributed by atoms with Gasteiger partial charge in [-0.15, -0.1) is 0 Å². The second-order valence-corrected chi connectivity index (χ2v) is 8.23. The van der Waals surface area contributed by atoms with Crippen molar-refractivity contribution < 1.29 is 14.3 Å². The number of rotatable bonds is 9. The van der Waals surface area contributed by atoms with Gasteiger partial charge in [-0.2, -0.15) is 0 Å². The molecule has 0 amide bonds. The van der Waals surface area contributed by atoms with Crippen LogP contribution >= 0.6 is 0 Å². The molecule has 0 aromatic carbocycles. The van der Waals surface area contributed by atoms with Gasteiger partial charge in [0.1, 0.15) is 5.67 Å². The van der Waals surface area contributed by atoms with Gasteiger partial charge in [0.05, 0.1) is 5.76 Å². The zero-order chi connectivity index (χ0) is 17.7. The second-order valence-electron chi connectivity index (χ2n) is 8.23. The third kappa shape index (κ3) is 6.27. The van der Waals surface area contributed by atoms with Gasteiger partial charge < -0.3 is 5.11 Å². The van der Waals surface area contributed by atoms with Crippen LogP contribution in [0.4, 0.5) is 4.39 Å². The van der Waals surface area contributed by atoms with E-state index in [1.165, 1.54) is 45.6 Å². The quantitative estimate of drug-likeness (QED) is 0.407. The van der Waals surface area contributed by atoms with Gasteiger partial charge in [0.2, 0.25) is 0 Å². The number of halogens is 1. The van der Waals surface area contributed by atoms with E-state index in [1.807, 2.05) is 20.8 Å². The first-order valence-electron chi connectivity index (χ1n) is 9.25. The minimum atomic E-state index is -1.34. The van der Waals surface area contributed by atoms with Gasteiger partial charge in [0.25, 0.3) is 0 Å². The van der Waals surface area contributed by atoms with Crippen LogP contribution in [0.3, 0.4) is 0 Å². The van der Waals surface area contributed by atoms with Gasteiger partial charge in [-0.3, -0.25) is 4.79 Å². The number of carbonyl (C=O) groups is 1. The van der Waals surface area contributed by atoms with Crippen molar-refractivity contribution in [3.05, 3.63) is 11.8 Å². The van der Waals surface area contributed by atoms with Crippen molar-refractivity contribution in [3.8, 4) is 0 Å². The predicted octanol–water partition coefficient (Wildman–Crippen LogP) is 6.16. The third-order valence-electron chi connectivity index (χ3n) is 5.51. The topological polar surface area (TPSA) is 37.3 Å². The SMILES string of the molecule is CCC(CC(C)(C)F)/C(O)=C/C(=O)C(C)(CC)CC1CCCC1. The van der Waals surface area contributed by atoms with Crippen LogP contribution in [0.2, 0.25) is 0 Å². The minimum Gasteiger partial charge on any atom is -0.512 e. The molecule has 0 bridgehead atoms.